The van der Waals surface area contributed by atoms with Crippen LogP contribution in [0.25, 0.3) is 0 Å². The van der Waals surface area contributed by atoms with Gasteiger partial charge in [-0.3, -0.25) is 14.9 Å². The molecule has 0 aromatic heterocycles. The van der Waals surface area contributed by atoms with Crippen LogP contribution in [0.5, 0.6) is 0 Å². The molecule has 0 saturated heterocycles. The second-order valence-corrected chi connectivity index (χ2v) is 2.78. The normalized spacial score (nSPS) is 13.3. The van der Waals surface area contributed by atoms with E-state index < -0.39 is 0 Å². The first-order valence-corrected chi connectivity index (χ1v) is 3.65. The zero-order chi connectivity index (χ0) is 8.72. The Kier molecular flexibility index (Phi) is 2.91. The van der Waals surface area contributed by atoms with Crippen LogP contribution in [0.2, 0.25) is 0 Å². The predicted octanol–water partition coefficient (Wildman–Crippen LogP) is 0.230. The Morgan fingerprint density at radius 2 is 1.85 bits per heavy atom. The molecule has 4 heteroatoms. The van der Waals surface area contributed by atoms with Crippen molar-refractivity contribution in [1.82, 2.24) is 5.32 Å². The number of hydrogen-bond acceptors (Lipinski definition) is 2. The first-order chi connectivity index (χ1) is 5.70. The van der Waals surface area contributed by atoms with E-state index in [0.29, 0.717) is 11.1 Å². The number of aryl methyl sites for hydroxylation is 1. The fourth-order valence-electron chi connectivity index (χ4n) is 1.39. The topological polar surface area (TPSA) is 46.2 Å². The van der Waals surface area contributed by atoms with Crippen LogP contribution < -0.4 is 5.32 Å². The molecule has 0 atom stereocenters. The van der Waals surface area contributed by atoms with Gasteiger partial charge in [0.05, 0.1) is 11.1 Å². The van der Waals surface area contributed by atoms with E-state index in [-0.39, 0.29) is 41.4 Å². The Bertz CT molecular complexity index is 387. The van der Waals surface area contributed by atoms with Gasteiger partial charge >= 0.3 is 29.6 Å². The van der Waals surface area contributed by atoms with Gasteiger partial charge in [0.2, 0.25) is 0 Å². The average molecular weight is 185 g/mol. The second-order valence-electron chi connectivity index (χ2n) is 2.78. The minimum absolute atomic E-state index is 0. The molecule has 0 radical (unpaired) electrons. The number of carbonyl (C=O) groups is 2. The molecule has 3 nitrogen and oxygen atoms in total. The van der Waals surface area contributed by atoms with E-state index in [9.17, 15) is 9.59 Å². The van der Waals surface area contributed by atoms with Crippen LogP contribution in [0.1, 0.15) is 26.3 Å². The standard InChI is InChI=1S/C9H7NO2.Na.H/c1-5-3-2-4-6-7(5)9(12)10-8(6)11;;/h2-4H,1H3,(H,10,11,12);;. The molecule has 13 heavy (non-hydrogen) atoms. The monoisotopic (exact) mass is 185 g/mol. The SMILES string of the molecule is Cc1cccc2c1C(=O)NC2=O.[NaH]. The van der Waals surface area contributed by atoms with Gasteiger partial charge in [0.1, 0.15) is 0 Å². The van der Waals surface area contributed by atoms with E-state index in [1.54, 1.807) is 12.1 Å². The Morgan fingerprint density at radius 1 is 1.15 bits per heavy atom. The molecule has 0 unspecified atom stereocenters. The molecule has 0 aliphatic carbocycles. The summed E-state index contributed by atoms with van der Waals surface area (Å²) in [6.07, 6.45) is 0. The quantitative estimate of drug-likeness (QED) is 0.464. The van der Waals surface area contributed by atoms with Gasteiger partial charge in [-0.2, -0.15) is 0 Å². The van der Waals surface area contributed by atoms with Crippen molar-refractivity contribution in [3.63, 3.8) is 0 Å². The first-order valence-electron chi connectivity index (χ1n) is 3.65. The molecule has 2 amide bonds. The second kappa shape index (κ2) is 3.62. The van der Waals surface area contributed by atoms with Crippen LogP contribution >= 0.6 is 0 Å². The van der Waals surface area contributed by atoms with Crippen molar-refractivity contribution in [1.29, 1.82) is 0 Å². The number of imide groups is 1. The van der Waals surface area contributed by atoms with Crippen molar-refractivity contribution in [3.8, 4) is 0 Å². The van der Waals surface area contributed by atoms with Crippen molar-refractivity contribution in [3.05, 3.63) is 34.9 Å². The first kappa shape index (κ1) is 10.4. The van der Waals surface area contributed by atoms with Gasteiger partial charge in [-0.15, -0.1) is 0 Å². The Balaban J connectivity index is 0.000000845. The van der Waals surface area contributed by atoms with Crippen LogP contribution in [-0.2, 0) is 0 Å². The fraction of sp³-hybridized carbons (Fsp3) is 0.111. The van der Waals surface area contributed by atoms with Gasteiger partial charge < -0.3 is 0 Å². The van der Waals surface area contributed by atoms with E-state index in [2.05, 4.69) is 5.32 Å². The Hall–Kier alpha value is -0.640. The number of nitrogens with one attached hydrogen (secondary N) is 1. The molecule has 1 heterocycles. The van der Waals surface area contributed by atoms with Crippen molar-refractivity contribution >= 4 is 41.4 Å². The van der Waals surface area contributed by atoms with E-state index in [0.717, 1.165) is 5.56 Å². The van der Waals surface area contributed by atoms with Crippen molar-refractivity contribution in [2.45, 2.75) is 6.92 Å². The number of carbonyl (C=O) groups excluding carboxylic acids is 2. The molecule has 1 aliphatic heterocycles. The summed E-state index contributed by atoms with van der Waals surface area (Å²) in [5, 5.41) is 2.25. The number of amides is 2. The zero-order valence-corrected chi connectivity index (χ0v) is 6.55. The van der Waals surface area contributed by atoms with E-state index >= 15 is 0 Å². The summed E-state index contributed by atoms with van der Waals surface area (Å²) in [5.41, 5.74) is 1.85. The number of benzene rings is 1. The molecular formula is C9H8NNaO2. The molecule has 0 bridgehead atoms. The summed E-state index contributed by atoms with van der Waals surface area (Å²) in [6.45, 7) is 1.82. The van der Waals surface area contributed by atoms with Crippen LogP contribution in [0, 0.1) is 6.92 Å². The molecule has 0 fully saturated rings. The molecule has 0 saturated carbocycles. The Morgan fingerprint density at radius 3 is 2.46 bits per heavy atom. The summed E-state index contributed by atoms with van der Waals surface area (Å²) in [5.74, 6) is -0.577. The number of fused-ring (bicyclic) bond motifs is 1. The van der Waals surface area contributed by atoms with Crippen molar-refractivity contribution in [2.24, 2.45) is 0 Å². The number of hydrogen-bond donors (Lipinski definition) is 1. The molecule has 1 aromatic rings. The van der Waals surface area contributed by atoms with Crippen LogP contribution in [-0.4, -0.2) is 41.4 Å². The fourth-order valence-corrected chi connectivity index (χ4v) is 1.39. The molecule has 1 aliphatic rings. The van der Waals surface area contributed by atoms with Crippen LogP contribution in [0.3, 0.4) is 0 Å². The summed E-state index contributed by atoms with van der Waals surface area (Å²) in [4.78, 5) is 22.3. The van der Waals surface area contributed by atoms with Crippen LogP contribution in [0.15, 0.2) is 18.2 Å². The summed E-state index contributed by atoms with van der Waals surface area (Å²) >= 11 is 0. The summed E-state index contributed by atoms with van der Waals surface area (Å²) in [6, 6.07) is 5.24. The molecule has 0 spiro atoms. The van der Waals surface area contributed by atoms with Crippen molar-refractivity contribution in [2.75, 3.05) is 0 Å². The minimum atomic E-state index is -0.293. The zero-order valence-electron chi connectivity index (χ0n) is 6.55. The van der Waals surface area contributed by atoms with E-state index in [1.807, 2.05) is 13.0 Å². The van der Waals surface area contributed by atoms with Crippen molar-refractivity contribution < 1.29 is 9.59 Å². The van der Waals surface area contributed by atoms with Gasteiger partial charge in [0.25, 0.3) is 11.8 Å². The molecule has 1 aromatic carbocycles. The van der Waals surface area contributed by atoms with Gasteiger partial charge in [0.15, 0.2) is 0 Å². The molecule has 2 rings (SSSR count). The van der Waals surface area contributed by atoms with Crippen LogP contribution in [0.4, 0.5) is 0 Å². The predicted molar refractivity (Wildman–Crippen MR) is 50.1 cm³/mol. The summed E-state index contributed by atoms with van der Waals surface area (Å²) in [7, 11) is 0. The van der Waals surface area contributed by atoms with Gasteiger partial charge in [-0.1, -0.05) is 12.1 Å². The van der Waals surface area contributed by atoms with Gasteiger partial charge in [-0.25, -0.2) is 0 Å². The third-order valence-electron chi connectivity index (χ3n) is 1.97. The average Bonchev–Trinajstić information content (AvgIpc) is 2.29. The molecule has 1 N–H and O–H groups in total. The van der Waals surface area contributed by atoms with Gasteiger partial charge in [-0.05, 0) is 18.6 Å². The maximum absolute atomic E-state index is 11.2. The summed E-state index contributed by atoms with van der Waals surface area (Å²) < 4.78 is 0. The third kappa shape index (κ3) is 1.55. The van der Waals surface area contributed by atoms with E-state index in [4.69, 9.17) is 0 Å². The van der Waals surface area contributed by atoms with Gasteiger partial charge in [0, 0.05) is 0 Å². The molecular weight excluding hydrogens is 177 g/mol. The molecule has 62 valence electrons. The maximum atomic E-state index is 11.2. The Labute approximate surface area is 97.8 Å². The van der Waals surface area contributed by atoms with E-state index in [1.165, 1.54) is 0 Å². The third-order valence-corrected chi connectivity index (χ3v) is 1.97. The number of rotatable bonds is 0.